The van der Waals surface area contributed by atoms with Crippen molar-refractivity contribution in [2.24, 2.45) is 5.73 Å². The molecule has 2 aromatic carbocycles. The van der Waals surface area contributed by atoms with Gasteiger partial charge in [-0.05, 0) is 66.6 Å². The Balaban J connectivity index is 0.00000104. The summed E-state index contributed by atoms with van der Waals surface area (Å²) >= 11 is 0. The minimum atomic E-state index is 0. The van der Waals surface area contributed by atoms with Crippen molar-refractivity contribution in [1.29, 1.82) is 0 Å². The number of benzene rings is 2. The van der Waals surface area contributed by atoms with Crippen molar-refractivity contribution in [3.8, 4) is 11.1 Å². The fraction of sp³-hybridized carbons (Fsp3) is 0.316. The molecule has 0 aliphatic heterocycles. The number of aromatic amines is 1. The summed E-state index contributed by atoms with van der Waals surface area (Å²) in [6.45, 7) is 0.623. The normalized spacial score (nSPS) is 13.0. The summed E-state index contributed by atoms with van der Waals surface area (Å²) in [6, 6.07) is 13.4. The molecule has 0 saturated carbocycles. The van der Waals surface area contributed by atoms with E-state index in [9.17, 15) is 0 Å². The van der Waals surface area contributed by atoms with Gasteiger partial charge in [-0.15, -0.1) is 24.8 Å². The second-order valence-corrected chi connectivity index (χ2v) is 6.14. The van der Waals surface area contributed by atoms with Crippen LogP contribution in [0.15, 0.2) is 36.4 Å². The van der Waals surface area contributed by atoms with Crippen LogP contribution in [0.3, 0.4) is 0 Å². The second kappa shape index (κ2) is 8.02. The average molecular weight is 364 g/mol. The molecule has 1 aromatic heterocycles. The highest BCUT2D eigenvalue weighted by atomic mass is 35.5. The van der Waals surface area contributed by atoms with E-state index >= 15 is 0 Å². The lowest BCUT2D eigenvalue weighted by atomic mass is 9.89. The molecule has 0 radical (unpaired) electrons. The van der Waals surface area contributed by atoms with E-state index in [0.29, 0.717) is 6.54 Å². The Morgan fingerprint density at radius 2 is 1.62 bits per heavy atom. The predicted octanol–water partition coefficient (Wildman–Crippen LogP) is 4.45. The number of hydrogen-bond acceptors (Lipinski definition) is 2. The Hall–Kier alpha value is -1.55. The van der Waals surface area contributed by atoms with Gasteiger partial charge in [-0.2, -0.15) is 0 Å². The first kappa shape index (κ1) is 18.8. The molecule has 1 aliphatic rings. The fourth-order valence-electron chi connectivity index (χ4n) is 3.41. The lowest BCUT2D eigenvalue weighted by Crippen LogP contribution is -2.03. The van der Waals surface area contributed by atoms with E-state index in [1.807, 2.05) is 0 Å². The second-order valence-electron chi connectivity index (χ2n) is 6.14. The van der Waals surface area contributed by atoms with E-state index in [2.05, 4.69) is 46.4 Å². The molecule has 0 saturated heterocycles. The Morgan fingerprint density at radius 3 is 2.42 bits per heavy atom. The highest BCUT2D eigenvalue weighted by Crippen LogP contribution is 2.29. The highest BCUT2D eigenvalue weighted by molar-refractivity contribution is 5.85. The van der Waals surface area contributed by atoms with Crippen LogP contribution in [0.4, 0.5) is 0 Å². The summed E-state index contributed by atoms with van der Waals surface area (Å²) < 4.78 is 0. The number of nitrogens with zero attached hydrogens (tertiary/aromatic N) is 1. The van der Waals surface area contributed by atoms with Crippen LogP contribution in [0.25, 0.3) is 22.2 Å². The molecule has 0 atom stereocenters. The first-order valence-electron chi connectivity index (χ1n) is 8.14. The van der Waals surface area contributed by atoms with Crippen LogP contribution in [0, 0.1) is 0 Å². The molecule has 24 heavy (non-hydrogen) atoms. The van der Waals surface area contributed by atoms with Gasteiger partial charge in [0.2, 0.25) is 0 Å². The van der Waals surface area contributed by atoms with Crippen LogP contribution in [-0.2, 0) is 19.3 Å². The maximum atomic E-state index is 5.61. The third kappa shape index (κ3) is 3.59. The molecule has 3 N–H and O–H groups in total. The van der Waals surface area contributed by atoms with Gasteiger partial charge in [0.05, 0.1) is 11.0 Å². The van der Waals surface area contributed by atoms with E-state index in [1.54, 1.807) is 0 Å². The van der Waals surface area contributed by atoms with Crippen molar-refractivity contribution in [1.82, 2.24) is 9.97 Å². The Bertz CT molecular complexity index is 827. The van der Waals surface area contributed by atoms with Gasteiger partial charge in [-0.1, -0.05) is 24.3 Å². The van der Waals surface area contributed by atoms with Crippen LogP contribution >= 0.6 is 24.8 Å². The lowest BCUT2D eigenvalue weighted by Gasteiger charge is -2.16. The molecule has 5 heteroatoms. The number of aryl methyl sites for hydroxylation is 2. The van der Waals surface area contributed by atoms with E-state index in [-0.39, 0.29) is 24.8 Å². The quantitative estimate of drug-likeness (QED) is 0.721. The van der Waals surface area contributed by atoms with E-state index < -0.39 is 0 Å². The summed E-state index contributed by atoms with van der Waals surface area (Å²) in [5.41, 5.74) is 13.3. The number of halogens is 2. The third-order valence-corrected chi connectivity index (χ3v) is 4.60. The molecule has 4 rings (SSSR count). The number of H-pyrrole nitrogens is 1. The number of imidazole rings is 1. The first-order valence-corrected chi connectivity index (χ1v) is 8.14. The summed E-state index contributed by atoms with van der Waals surface area (Å²) in [4.78, 5) is 7.97. The van der Waals surface area contributed by atoms with Gasteiger partial charge in [0.15, 0.2) is 0 Å². The molecule has 1 aliphatic carbocycles. The number of rotatable bonds is 3. The van der Waals surface area contributed by atoms with Gasteiger partial charge < -0.3 is 10.7 Å². The number of nitrogens with two attached hydrogens (primary N) is 1. The van der Waals surface area contributed by atoms with E-state index in [4.69, 9.17) is 5.73 Å². The zero-order valence-corrected chi connectivity index (χ0v) is 15.2. The number of aromatic nitrogens is 2. The van der Waals surface area contributed by atoms with Gasteiger partial charge in [-0.25, -0.2) is 4.98 Å². The van der Waals surface area contributed by atoms with Crippen LogP contribution in [0.1, 0.15) is 29.8 Å². The summed E-state index contributed by atoms with van der Waals surface area (Å²) in [6.07, 6.45) is 5.89. The number of fused-ring (bicyclic) bond motifs is 2. The van der Waals surface area contributed by atoms with Gasteiger partial charge in [-0.3, -0.25) is 0 Å². The molecule has 0 fully saturated rings. The summed E-state index contributed by atoms with van der Waals surface area (Å²) in [5, 5.41) is 0. The molecule has 0 amide bonds. The smallest absolute Gasteiger partial charge is 0.108 e. The third-order valence-electron chi connectivity index (χ3n) is 4.60. The molecule has 1 heterocycles. The molecule has 0 bridgehead atoms. The van der Waals surface area contributed by atoms with Crippen molar-refractivity contribution >= 4 is 35.8 Å². The lowest BCUT2D eigenvalue weighted by molar-refractivity contribution is 0.686. The molecular weight excluding hydrogens is 341 g/mol. The van der Waals surface area contributed by atoms with Crippen molar-refractivity contribution in [2.75, 3.05) is 6.54 Å². The minimum Gasteiger partial charge on any atom is -0.342 e. The summed E-state index contributed by atoms with van der Waals surface area (Å²) in [7, 11) is 0. The highest BCUT2D eigenvalue weighted by Gasteiger charge is 2.11. The van der Waals surface area contributed by atoms with Gasteiger partial charge in [0.25, 0.3) is 0 Å². The number of nitrogens with one attached hydrogen (secondary N) is 1. The standard InChI is InChI=1S/C19H21N3.2ClH/c20-10-9-19-21-17-8-7-16(12-18(17)22-19)15-6-5-13-3-1-2-4-14(13)11-15;;/h5-8,11-12H,1-4,9-10,20H2,(H,21,22);2*1H. The SMILES string of the molecule is Cl.Cl.NCCc1nc2cc(-c3ccc4c(c3)CCCC4)ccc2[nH]1. The Kier molecular flexibility index (Phi) is 6.27. The zero-order chi connectivity index (χ0) is 14.9. The maximum Gasteiger partial charge on any atom is 0.108 e. The topological polar surface area (TPSA) is 54.7 Å². The van der Waals surface area contributed by atoms with E-state index in [1.165, 1.54) is 47.9 Å². The minimum absolute atomic E-state index is 0. The Labute approximate surface area is 154 Å². The van der Waals surface area contributed by atoms with Gasteiger partial charge in [0, 0.05) is 6.42 Å². The van der Waals surface area contributed by atoms with Gasteiger partial charge in [0.1, 0.15) is 5.82 Å². The van der Waals surface area contributed by atoms with Crippen LogP contribution < -0.4 is 5.73 Å². The molecule has 3 aromatic rings. The molecule has 0 unspecified atom stereocenters. The predicted molar refractivity (Wildman–Crippen MR) is 105 cm³/mol. The van der Waals surface area contributed by atoms with Crippen LogP contribution in [0.5, 0.6) is 0 Å². The van der Waals surface area contributed by atoms with Crippen molar-refractivity contribution < 1.29 is 0 Å². The van der Waals surface area contributed by atoms with Gasteiger partial charge >= 0.3 is 0 Å². The zero-order valence-electron chi connectivity index (χ0n) is 13.5. The maximum absolute atomic E-state index is 5.61. The van der Waals surface area contributed by atoms with Crippen LogP contribution in [0.2, 0.25) is 0 Å². The van der Waals surface area contributed by atoms with Crippen molar-refractivity contribution in [3.05, 3.63) is 53.3 Å². The van der Waals surface area contributed by atoms with Crippen LogP contribution in [-0.4, -0.2) is 16.5 Å². The fourth-order valence-corrected chi connectivity index (χ4v) is 3.41. The molecular formula is C19H23Cl2N3. The monoisotopic (exact) mass is 363 g/mol. The largest absolute Gasteiger partial charge is 0.342 e. The van der Waals surface area contributed by atoms with E-state index in [0.717, 1.165) is 23.3 Å². The number of hydrogen-bond donors (Lipinski definition) is 2. The first-order chi connectivity index (χ1) is 10.8. The average Bonchev–Trinajstić information content (AvgIpc) is 2.96. The molecule has 3 nitrogen and oxygen atoms in total. The Morgan fingerprint density at radius 1 is 0.917 bits per heavy atom. The summed E-state index contributed by atoms with van der Waals surface area (Å²) in [5.74, 6) is 0.972. The van der Waals surface area contributed by atoms with Crippen molar-refractivity contribution in [3.63, 3.8) is 0 Å². The molecule has 128 valence electrons. The van der Waals surface area contributed by atoms with Crippen molar-refractivity contribution in [2.45, 2.75) is 32.1 Å². The molecule has 0 spiro atoms.